The van der Waals surface area contributed by atoms with Crippen molar-refractivity contribution in [2.75, 3.05) is 7.11 Å². The van der Waals surface area contributed by atoms with Crippen molar-refractivity contribution in [2.45, 2.75) is 44.9 Å². The number of furan rings is 1. The van der Waals surface area contributed by atoms with Gasteiger partial charge in [0.2, 0.25) is 0 Å². The van der Waals surface area contributed by atoms with Crippen LogP contribution < -0.4 is 5.32 Å². The second-order valence-corrected chi connectivity index (χ2v) is 4.74. The maximum Gasteiger partial charge on any atom is 0.339 e. The normalized spacial score (nSPS) is 23.4. The number of hydrogen-bond donors (Lipinski definition) is 2. The molecule has 0 aliphatic heterocycles. The number of carbonyl (C=O) groups is 1. The quantitative estimate of drug-likeness (QED) is 0.839. The zero-order valence-electron chi connectivity index (χ0n) is 10.7. The summed E-state index contributed by atoms with van der Waals surface area (Å²) in [4.78, 5) is 10.9. The summed E-state index contributed by atoms with van der Waals surface area (Å²) < 4.78 is 10.7. The smallest absolute Gasteiger partial charge is 0.339 e. The molecule has 5 nitrogen and oxygen atoms in total. The minimum atomic E-state index is -0.942. The van der Waals surface area contributed by atoms with E-state index in [-0.39, 0.29) is 5.56 Å². The molecule has 1 aliphatic carbocycles. The first-order valence-electron chi connectivity index (χ1n) is 6.19. The third-order valence-corrected chi connectivity index (χ3v) is 3.48. The lowest BCUT2D eigenvalue weighted by atomic mass is 10.2. The highest BCUT2D eigenvalue weighted by atomic mass is 16.5. The fourth-order valence-electron chi connectivity index (χ4n) is 2.43. The van der Waals surface area contributed by atoms with Gasteiger partial charge in [-0.3, -0.25) is 0 Å². The van der Waals surface area contributed by atoms with Crippen LogP contribution in [0.5, 0.6) is 0 Å². The Morgan fingerprint density at radius 3 is 2.94 bits per heavy atom. The fourth-order valence-corrected chi connectivity index (χ4v) is 2.43. The molecule has 2 rings (SSSR count). The Balaban J connectivity index is 1.87. The summed E-state index contributed by atoms with van der Waals surface area (Å²) in [6.07, 6.45) is 3.51. The Bertz CT molecular complexity index is 427. The molecule has 5 heteroatoms. The first kappa shape index (κ1) is 13.1. The van der Waals surface area contributed by atoms with Gasteiger partial charge in [-0.25, -0.2) is 4.79 Å². The molecule has 0 saturated heterocycles. The molecule has 2 N–H and O–H groups in total. The Morgan fingerprint density at radius 2 is 2.39 bits per heavy atom. The molecule has 0 aromatic carbocycles. The third kappa shape index (κ3) is 2.91. The van der Waals surface area contributed by atoms with Crippen molar-refractivity contribution < 1.29 is 19.1 Å². The van der Waals surface area contributed by atoms with Crippen LogP contribution in [0, 0.1) is 6.92 Å². The number of methoxy groups -OCH3 is 1. The predicted molar refractivity (Wildman–Crippen MR) is 65.7 cm³/mol. The van der Waals surface area contributed by atoms with Crippen molar-refractivity contribution in [2.24, 2.45) is 0 Å². The molecule has 1 aromatic rings. The number of carboxylic acid groups (broad SMARTS) is 1. The van der Waals surface area contributed by atoms with E-state index in [1.807, 2.05) is 0 Å². The van der Waals surface area contributed by atoms with Crippen molar-refractivity contribution in [1.29, 1.82) is 0 Å². The minimum Gasteiger partial charge on any atom is -0.478 e. The van der Waals surface area contributed by atoms with E-state index in [0.717, 1.165) is 19.3 Å². The number of aromatic carboxylic acids is 1. The van der Waals surface area contributed by atoms with Gasteiger partial charge in [-0.15, -0.1) is 0 Å². The maximum absolute atomic E-state index is 10.9. The second kappa shape index (κ2) is 5.54. The largest absolute Gasteiger partial charge is 0.478 e. The van der Waals surface area contributed by atoms with Crippen LogP contribution >= 0.6 is 0 Å². The summed E-state index contributed by atoms with van der Waals surface area (Å²) in [5, 5.41) is 12.3. The van der Waals surface area contributed by atoms with E-state index < -0.39 is 5.97 Å². The number of rotatable bonds is 5. The Kier molecular flexibility index (Phi) is 4.04. The summed E-state index contributed by atoms with van der Waals surface area (Å²) in [7, 11) is 1.74. The summed E-state index contributed by atoms with van der Waals surface area (Å²) in [6.45, 7) is 2.23. The molecular formula is C13H19NO4. The number of hydrogen-bond acceptors (Lipinski definition) is 4. The summed E-state index contributed by atoms with van der Waals surface area (Å²) in [6, 6.07) is 2.02. The van der Waals surface area contributed by atoms with E-state index in [4.69, 9.17) is 14.3 Å². The van der Waals surface area contributed by atoms with Gasteiger partial charge in [-0.2, -0.15) is 0 Å². The van der Waals surface area contributed by atoms with E-state index in [1.54, 1.807) is 20.1 Å². The highest BCUT2D eigenvalue weighted by Crippen LogP contribution is 2.22. The Morgan fingerprint density at radius 1 is 1.61 bits per heavy atom. The molecule has 100 valence electrons. The number of nitrogens with one attached hydrogen (secondary N) is 1. The van der Waals surface area contributed by atoms with Crippen LogP contribution in [0.4, 0.5) is 0 Å². The van der Waals surface area contributed by atoms with Crippen molar-refractivity contribution >= 4 is 5.97 Å². The van der Waals surface area contributed by atoms with Gasteiger partial charge in [0.25, 0.3) is 0 Å². The SMILES string of the molecule is COC1CCC(NCc2cc(C(=O)O)c(C)o2)C1. The van der Waals surface area contributed by atoms with Crippen LogP contribution in [0.25, 0.3) is 0 Å². The van der Waals surface area contributed by atoms with Crippen molar-refractivity contribution in [3.8, 4) is 0 Å². The molecule has 0 amide bonds. The minimum absolute atomic E-state index is 0.244. The first-order chi connectivity index (χ1) is 8.60. The third-order valence-electron chi connectivity index (χ3n) is 3.48. The summed E-state index contributed by atoms with van der Waals surface area (Å²) >= 11 is 0. The highest BCUT2D eigenvalue weighted by Gasteiger charge is 2.24. The molecular weight excluding hydrogens is 234 g/mol. The summed E-state index contributed by atoms with van der Waals surface area (Å²) in [5.74, 6) is 0.189. The zero-order chi connectivity index (χ0) is 13.1. The Labute approximate surface area is 106 Å². The number of ether oxygens (including phenoxy) is 1. The van der Waals surface area contributed by atoms with Crippen molar-refractivity contribution in [3.05, 3.63) is 23.2 Å². The molecule has 1 fully saturated rings. The van der Waals surface area contributed by atoms with Crippen LogP contribution in [0.15, 0.2) is 10.5 Å². The fraction of sp³-hybridized carbons (Fsp3) is 0.615. The zero-order valence-corrected chi connectivity index (χ0v) is 10.7. The average Bonchev–Trinajstić information content (AvgIpc) is 2.92. The standard InChI is InChI=1S/C13H19NO4/c1-8-12(13(15)16)6-11(18-8)7-14-9-3-4-10(5-9)17-2/h6,9-10,14H,3-5,7H2,1-2H3,(H,15,16). The molecule has 0 spiro atoms. The van der Waals surface area contributed by atoms with Crippen LogP contribution in [-0.4, -0.2) is 30.3 Å². The van der Waals surface area contributed by atoms with Gasteiger partial charge in [0.05, 0.1) is 12.6 Å². The van der Waals surface area contributed by atoms with Crippen molar-refractivity contribution in [1.82, 2.24) is 5.32 Å². The van der Waals surface area contributed by atoms with Crippen LogP contribution in [0.1, 0.15) is 41.1 Å². The molecule has 0 bridgehead atoms. The van der Waals surface area contributed by atoms with Crippen molar-refractivity contribution in [3.63, 3.8) is 0 Å². The average molecular weight is 253 g/mol. The van der Waals surface area contributed by atoms with Gasteiger partial charge >= 0.3 is 5.97 Å². The van der Waals surface area contributed by atoms with Crippen LogP contribution in [0.2, 0.25) is 0 Å². The lowest BCUT2D eigenvalue weighted by Crippen LogP contribution is -2.26. The Hall–Kier alpha value is -1.33. The predicted octanol–water partition coefficient (Wildman–Crippen LogP) is 1.94. The highest BCUT2D eigenvalue weighted by molar-refractivity contribution is 5.88. The van der Waals surface area contributed by atoms with E-state index >= 15 is 0 Å². The first-order valence-corrected chi connectivity index (χ1v) is 6.19. The van der Waals surface area contributed by atoms with Crippen LogP contribution in [0.3, 0.4) is 0 Å². The van der Waals surface area contributed by atoms with Gasteiger partial charge in [-0.05, 0) is 32.3 Å². The lowest BCUT2D eigenvalue weighted by Gasteiger charge is -2.11. The molecule has 18 heavy (non-hydrogen) atoms. The lowest BCUT2D eigenvalue weighted by molar-refractivity contribution is 0.0695. The van der Waals surface area contributed by atoms with E-state index in [2.05, 4.69) is 5.32 Å². The van der Waals surface area contributed by atoms with E-state index in [9.17, 15) is 4.79 Å². The second-order valence-electron chi connectivity index (χ2n) is 4.74. The van der Waals surface area contributed by atoms with Crippen LogP contribution in [-0.2, 0) is 11.3 Å². The molecule has 1 aliphatic rings. The molecule has 2 atom stereocenters. The molecule has 1 aromatic heterocycles. The van der Waals surface area contributed by atoms with Gasteiger partial charge < -0.3 is 19.6 Å². The molecule has 1 heterocycles. The molecule has 1 saturated carbocycles. The van der Waals surface area contributed by atoms with Gasteiger partial charge in [0.15, 0.2) is 0 Å². The number of carboxylic acids is 1. The number of aryl methyl sites for hydroxylation is 1. The monoisotopic (exact) mass is 253 g/mol. The van der Waals surface area contributed by atoms with Gasteiger partial charge in [0.1, 0.15) is 17.1 Å². The topological polar surface area (TPSA) is 71.7 Å². The van der Waals surface area contributed by atoms with E-state index in [0.29, 0.717) is 30.2 Å². The van der Waals surface area contributed by atoms with Gasteiger partial charge in [-0.1, -0.05) is 0 Å². The van der Waals surface area contributed by atoms with E-state index in [1.165, 1.54) is 0 Å². The van der Waals surface area contributed by atoms with Gasteiger partial charge in [0, 0.05) is 13.2 Å². The molecule has 0 radical (unpaired) electrons. The maximum atomic E-state index is 10.9. The summed E-state index contributed by atoms with van der Waals surface area (Å²) in [5.41, 5.74) is 0.244. The molecule has 2 unspecified atom stereocenters.